The molecule has 4 nitrogen and oxygen atoms in total. The van der Waals surface area contributed by atoms with Crippen LogP contribution in [-0.2, 0) is 0 Å². The molecule has 0 amide bonds. The number of hydrogen-bond acceptors (Lipinski definition) is 5. The standard InChI is InChI=1S/C16H20N4S/c1-17-11-5-7-13-15(9-11)21-16-10-12(19(3)4)6-8-14(16)20(13)18-2/h5-10,17-18H,1-4H3. The predicted octanol–water partition coefficient (Wildman–Crippen LogP) is 3.53. The van der Waals surface area contributed by atoms with Gasteiger partial charge in [-0.05, 0) is 36.4 Å². The number of fused-ring (bicyclic) bond motifs is 2. The number of rotatable bonds is 3. The van der Waals surface area contributed by atoms with E-state index in [1.54, 1.807) is 0 Å². The summed E-state index contributed by atoms with van der Waals surface area (Å²) in [7, 11) is 8.04. The van der Waals surface area contributed by atoms with Crippen LogP contribution in [-0.4, -0.2) is 28.2 Å². The first-order chi connectivity index (χ1) is 10.1. The number of anilines is 4. The van der Waals surface area contributed by atoms with E-state index in [1.807, 2.05) is 25.9 Å². The molecule has 3 rings (SSSR count). The monoisotopic (exact) mass is 300 g/mol. The Morgan fingerprint density at radius 2 is 1.62 bits per heavy atom. The van der Waals surface area contributed by atoms with Gasteiger partial charge >= 0.3 is 0 Å². The molecule has 0 spiro atoms. The van der Waals surface area contributed by atoms with Gasteiger partial charge in [0.1, 0.15) is 0 Å². The van der Waals surface area contributed by atoms with E-state index in [1.165, 1.54) is 26.9 Å². The SMILES string of the molecule is CNc1ccc2c(c1)Sc1cc(N(C)C)ccc1N2NC. The van der Waals surface area contributed by atoms with Crippen molar-refractivity contribution in [1.29, 1.82) is 0 Å². The summed E-state index contributed by atoms with van der Waals surface area (Å²) in [6.07, 6.45) is 0. The van der Waals surface area contributed by atoms with Gasteiger partial charge in [-0.1, -0.05) is 11.8 Å². The topological polar surface area (TPSA) is 30.5 Å². The van der Waals surface area contributed by atoms with Crippen LogP contribution >= 0.6 is 11.8 Å². The van der Waals surface area contributed by atoms with E-state index in [2.05, 4.69) is 71.1 Å². The molecule has 0 unspecified atom stereocenters. The highest BCUT2D eigenvalue weighted by atomic mass is 32.2. The van der Waals surface area contributed by atoms with Crippen LogP contribution in [0.25, 0.3) is 0 Å². The van der Waals surface area contributed by atoms with E-state index in [9.17, 15) is 0 Å². The fourth-order valence-electron chi connectivity index (χ4n) is 2.47. The van der Waals surface area contributed by atoms with Crippen LogP contribution in [0.5, 0.6) is 0 Å². The van der Waals surface area contributed by atoms with E-state index in [0.29, 0.717) is 0 Å². The van der Waals surface area contributed by atoms with Crippen molar-refractivity contribution in [2.45, 2.75) is 9.79 Å². The second-order valence-corrected chi connectivity index (χ2v) is 6.22. The molecule has 110 valence electrons. The predicted molar refractivity (Wildman–Crippen MR) is 92.1 cm³/mol. The second kappa shape index (κ2) is 5.50. The maximum Gasteiger partial charge on any atom is 0.0719 e. The number of nitrogens with zero attached hydrogens (tertiary/aromatic N) is 2. The lowest BCUT2D eigenvalue weighted by Crippen LogP contribution is -2.32. The minimum Gasteiger partial charge on any atom is -0.388 e. The lowest BCUT2D eigenvalue weighted by molar-refractivity contribution is 0.812. The molecule has 2 aromatic carbocycles. The van der Waals surface area contributed by atoms with E-state index < -0.39 is 0 Å². The van der Waals surface area contributed by atoms with E-state index in [-0.39, 0.29) is 0 Å². The summed E-state index contributed by atoms with van der Waals surface area (Å²) in [6, 6.07) is 13.0. The minimum atomic E-state index is 1.13. The molecule has 5 heteroatoms. The van der Waals surface area contributed by atoms with Gasteiger partial charge in [0.05, 0.1) is 11.4 Å². The third kappa shape index (κ3) is 2.43. The van der Waals surface area contributed by atoms with Crippen molar-refractivity contribution in [3.63, 3.8) is 0 Å². The van der Waals surface area contributed by atoms with Crippen LogP contribution in [0.15, 0.2) is 46.2 Å². The Morgan fingerprint density at radius 1 is 0.952 bits per heavy atom. The Labute approximate surface area is 130 Å². The van der Waals surface area contributed by atoms with Crippen LogP contribution < -0.4 is 20.7 Å². The molecule has 0 saturated carbocycles. The van der Waals surface area contributed by atoms with Gasteiger partial charge in [-0.3, -0.25) is 5.01 Å². The minimum absolute atomic E-state index is 1.13. The van der Waals surface area contributed by atoms with Crippen molar-refractivity contribution in [2.75, 3.05) is 43.4 Å². The molecule has 0 saturated heterocycles. The third-order valence-corrected chi connectivity index (χ3v) is 4.73. The van der Waals surface area contributed by atoms with Crippen molar-refractivity contribution in [3.05, 3.63) is 36.4 Å². The van der Waals surface area contributed by atoms with Crippen LogP contribution in [0.3, 0.4) is 0 Å². The van der Waals surface area contributed by atoms with Gasteiger partial charge in [0, 0.05) is 49.4 Å². The van der Waals surface area contributed by atoms with E-state index in [0.717, 1.165) is 5.69 Å². The molecular formula is C16H20N4S. The van der Waals surface area contributed by atoms with Crippen LogP contribution in [0.1, 0.15) is 0 Å². The summed E-state index contributed by atoms with van der Waals surface area (Å²) < 4.78 is 0. The van der Waals surface area contributed by atoms with Gasteiger partial charge in [-0.15, -0.1) is 0 Å². The van der Waals surface area contributed by atoms with Crippen LogP contribution in [0, 0.1) is 0 Å². The van der Waals surface area contributed by atoms with Crippen molar-refractivity contribution in [1.82, 2.24) is 5.43 Å². The average molecular weight is 300 g/mol. The molecule has 0 radical (unpaired) electrons. The maximum absolute atomic E-state index is 3.29. The van der Waals surface area contributed by atoms with Crippen molar-refractivity contribution < 1.29 is 0 Å². The molecule has 2 N–H and O–H groups in total. The van der Waals surface area contributed by atoms with Gasteiger partial charge in [-0.2, -0.15) is 0 Å². The van der Waals surface area contributed by atoms with Gasteiger partial charge in [0.25, 0.3) is 0 Å². The number of benzene rings is 2. The summed E-state index contributed by atoms with van der Waals surface area (Å²) in [4.78, 5) is 4.64. The highest BCUT2D eigenvalue weighted by molar-refractivity contribution is 7.99. The smallest absolute Gasteiger partial charge is 0.0719 e. The Balaban J connectivity index is 2.10. The molecule has 0 fully saturated rings. The molecule has 0 aliphatic carbocycles. The molecule has 2 aromatic rings. The highest BCUT2D eigenvalue weighted by Crippen LogP contribution is 2.48. The van der Waals surface area contributed by atoms with Crippen LogP contribution in [0.4, 0.5) is 22.7 Å². The summed E-state index contributed by atoms with van der Waals surface area (Å²) in [5.41, 5.74) is 8.01. The first-order valence-corrected chi connectivity index (χ1v) is 7.74. The zero-order chi connectivity index (χ0) is 15.0. The summed E-state index contributed by atoms with van der Waals surface area (Å²) >= 11 is 1.81. The quantitative estimate of drug-likeness (QED) is 0.905. The average Bonchev–Trinajstić information content (AvgIpc) is 2.51. The number of nitrogens with one attached hydrogen (secondary N) is 2. The van der Waals surface area contributed by atoms with E-state index in [4.69, 9.17) is 0 Å². The summed E-state index contributed by atoms with van der Waals surface area (Å²) in [5, 5.41) is 5.34. The summed E-state index contributed by atoms with van der Waals surface area (Å²) in [5.74, 6) is 0. The van der Waals surface area contributed by atoms with Crippen molar-refractivity contribution >= 4 is 34.5 Å². The highest BCUT2D eigenvalue weighted by Gasteiger charge is 2.23. The van der Waals surface area contributed by atoms with Gasteiger partial charge < -0.3 is 10.2 Å². The van der Waals surface area contributed by atoms with Gasteiger partial charge in [-0.25, -0.2) is 5.43 Å². The van der Waals surface area contributed by atoms with Crippen molar-refractivity contribution in [3.8, 4) is 0 Å². The Morgan fingerprint density at radius 3 is 2.24 bits per heavy atom. The number of hydrazine groups is 1. The van der Waals surface area contributed by atoms with Gasteiger partial charge in [0.2, 0.25) is 0 Å². The van der Waals surface area contributed by atoms with Crippen LogP contribution in [0.2, 0.25) is 0 Å². The maximum atomic E-state index is 3.29. The number of hydrogen-bond donors (Lipinski definition) is 2. The molecule has 0 atom stereocenters. The third-order valence-electron chi connectivity index (χ3n) is 3.63. The fraction of sp³-hybridized carbons (Fsp3) is 0.250. The first kappa shape index (κ1) is 14.1. The first-order valence-electron chi connectivity index (χ1n) is 6.92. The molecule has 1 aliphatic heterocycles. The lowest BCUT2D eigenvalue weighted by atomic mass is 10.2. The normalized spacial score (nSPS) is 12.7. The molecule has 0 bridgehead atoms. The largest absolute Gasteiger partial charge is 0.388 e. The zero-order valence-corrected chi connectivity index (χ0v) is 13.6. The zero-order valence-electron chi connectivity index (χ0n) is 12.8. The Kier molecular flexibility index (Phi) is 3.69. The molecule has 1 heterocycles. The Bertz CT molecular complexity index is 669. The van der Waals surface area contributed by atoms with E-state index >= 15 is 0 Å². The van der Waals surface area contributed by atoms with Crippen molar-refractivity contribution in [2.24, 2.45) is 0 Å². The summed E-state index contributed by atoms with van der Waals surface area (Å²) in [6.45, 7) is 0. The molecule has 1 aliphatic rings. The molecule has 0 aromatic heterocycles. The lowest BCUT2D eigenvalue weighted by Gasteiger charge is -2.32. The Hall–Kier alpha value is -1.85. The van der Waals surface area contributed by atoms with Gasteiger partial charge in [0.15, 0.2) is 0 Å². The molecule has 21 heavy (non-hydrogen) atoms. The molecular weight excluding hydrogens is 280 g/mol. The fourth-order valence-corrected chi connectivity index (χ4v) is 3.60. The second-order valence-electron chi connectivity index (χ2n) is 5.14.